The van der Waals surface area contributed by atoms with Gasteiger partial charge in [-0.3, -0.25) is 0 Å². The molecule has 12 rings (SSSR count). The third-order valence-corrected chi connectivity index (χ3v) is 12.1. The summed E-state index contributed by atoms with van der Waals surface area (Å²) in [5.41, 5.74) is 22.8. The van der Waals surface area contributed by atoms with E-state index in [0.717, 1.165) is 27.8 Å². The Morgan fingerprint density at radius 3 is 2.05 bits per heavy atom. The van der Waals surface area contributed by atoms with Gasteiger partial charge in [0.2, 0.25) is 0 Å². The van der Waals surface area contributed by atoms with Crippen molar-refractivity contribution in [1.29, 1.82) is 0 Å². The van der Waals surface area contributed by atoms with Gasteiger partial charge < -0.3 is 4.57 Å². The molecule has 8 aromatic rings. The molecule has 0 unspecified atom stereocenters. The second-order valence-corrected chi connectivity index (χ2v) is 15.3. The molecular weight excluding hydrogens is 717 g/mol. The molecule has 4 aliphatic rings. The van der Waals surface area contributed by atoms with Crippen LogP contribution in [0.25, 0.3) is 66.7 Å². The maximum Gasteiger partial charge on any atom is 0.171 e. The van der Waals surface area contributed by atoms with Crippen molar-refractivity contribution in [3.05, 3.63) is 245 Å². The molecule has 0 saturated heterocycles. The van der Waals surface area contributed by atoms with E-state index in [1.165, 1.54) is 60.9 Å². The molecule has 274 valence electrons. The van der Waals surface area contributed by atoms with E-state index in [1.54, 1.807) is 0 Å². The monoisotopic (exact) mass is 750 g/mol. The van der Waals surface area contributed by atoms with Crippen LogP contribution in [0.4, 0.5) is 0 Å². The Balaban J connectivity index is 1.04. The lowest BCUT2D eigenvalue weighted by Gasteiger charge is -2.40. The van der Waals surface area contributed by atoms with Gasteiger partial charge in [-0.25, -0.2) is 15.0 Å². The number of nitrogens with zero attached hydrogens (tertiary/aromatic N) is 4. The standard InChI is InChI=1S/C55H34N4/c1-2-5-19-37(18-4-1)52-56-53(38-20-6-3-7-21-38)58-54(57-52)39-24-16-22-36(23-17-25-39)40-34-44-43-28-10-14-32-49(43)59-50-33-15-13-31-47(50)55(48(35-40)51(44)59)45-29-11-8-26-41(45)42-27-9-12-30-46(42)55/h1-15,18,20-35H,16H2/b36-22+,39-24?. The average molecular weight is 751 g/mol. The lowest BCUT2D eigenvalue weighted by molar-refractivity contribution is 0.748. The molecule has 59 heavy (non-hydrogen) atoms. The van der Waals surface area contributed by atoms with Crippen molar-refractivity contribution in [1.82, 2.24) is 19.5 Å². The van der Waals surface area contributed by atoms with Crippen molar-refractivity contribution in [3.8, 4) is 28.2 Å². The number of para-hydroxylation sites is 2. The van der Waals surface area contributed by atoms with Crippen LogP contribution in [-0.4, -0.2) is 19.5 Å². The van der Waals surface area contributed by atoms with E-state index in [9.17, 15) is 0 Å². The van der Waals surface area contributed by atoms with Gasteiger partial charge in [0.05, 0.1) is 27.7 Å². The fourth-order valence-electron chi connectivity index (χ4n) is 9.69. The maximum absolute atomic E-state index is 5.00. The predicted octanol–water partition coefficient (Wildman–Crippen LogP) is 12.6. The Labute approximate surface area is 341 Å². The fourth-order valence-corrected chi connectivity index (χ4v) is 9.69. The van der Waals surface area contributed by atoms with Crippen LogP contribution in [0, 0.1) is 0 Å². The molecule has 6 aromatic carbocycles. The second-order valence-electron chi connectivity index (χ2n) is 15.3. The number of hydrogen-bond acceptors (Lipinski definition) is 3. The zero-order chi connectivity index (χ0) is 38.9. The van der Waals surface area contributed by atoms with Crippen molar-refractivity contribution in [2.24, 2.45) is 0 Å². The predicted molar refractivity (Wildman–Crippen MR) is 240 cm³/mol. The number of rotatable bonds is 4. The van der Waals surface area contributed by atoms with E-state index in [1.807, 2.05) is 66.8 Å². The Morgan fingerprint density at radius 1 is 0.525 bits per heavy atom. The van der Waals surface area contributed by atoms with Crippen molar-refractivity contribution < 1.29 is 0 Å². The van der Waals surface area contributed by atoms with Crippen LogP contribution in [0.3, 0.4) is 0 Å². The fraction of sp³-hybridized carbons (Fsp3) is 0.0364. The molecule has 0 N–H and O–H groups in total. The normalized spacial score (nSPS) is 16.2. The number of hydrogen-bond donors (Lipinski definition) is 0. The van der Waals surface area contributed by atoms with Gasteiger partial charge in [-0.05, 0) is 99.5 Å². The summed E-state index contributed by atoms with van der Waals surface area (Å²) in [4.78, 5) is 14.9. The summed E-state index contributed by atoms with van der Waals surface area (Å²) < 4.78 is 2.51. The molecule has 0 amide bonds. The van der Waals surface area contributed by atoms with Crippen LogP contribution in [0.15, 0.2) is 206 Å². The van der Waals surface area contributed by atoms with Crippen LogP contribution in [0.2, 0.25) is 0 Å². The molecule has 2 aromatic heterocycles. The van der Waals surface area contributed by atoms with Gasteiger partial charge in [0.15, 0.2) is 17.5 Å². The number of allylic oxidation sites excluding steroid dienone is 10. The first-order valence-corrected chi connectivity index (χ1v) is 20.1. The van der Waals surface area contributed by atoms with E-state index in [2.05, 4.69) is 143 Å². The molecule has 3 aliphatic carbocycles. The number of aromatic nitrogens is 4. The summed E-state index contributed by atoms with van der Waals surface area (Å²) in [7, 11) is 0. The zero-order valence-electron chi connectivity index (χ0n) is 32.0. The van der Waals surface area contributed by atoms with Gasteiger partial charge >= 0.3 is 0 Å². The van der Waals surface area contributed by atoms with Gasteiger partial charge in [-0.2, -0.15) is 0 Å². The van der Waals surface area contributed by atoms with Crippen LogP contribution in [0.5, 0.6) is 0 Å². The van der Waals surface area contributed by atoms with Crippen molar-refractivity contribution >= 4 is 38.5 Å². The van der Waals surface area contributed by atoms with E-state index in [4.69, 9.17) is 15.0 Å². The topological polar surface area (TPSA) is 43.6 Å². The molecule has 0 fully saturated rings. The highest BCUT2D eigenvalue weighted by molar-refractivity contribution is 6.14. The Bertz CT molecular complexity index is 3330. The summed E-state index contributed by atoms with van der Waals surface area (Å²) in [6.45, 7) is 0. The van der Waals surface area contributed by atoms with E-state index in [-0.39, 0.29) is 0 Å². The summed E-state index contributed by atoms with van der Waals surface area (Å²) in [5, 5.41) is 2.49. The van der Waals surface area contributed by atoms with Crippen molar-refractivity contribution in [2.45, 2.75) is 11.8 Å². The summed E-state index contributed by atoms with van der Waals surface area (Å²) >= 11 is 0. The highest BCUT2D eigenvalue weighted by Crippen LogP contribution is 2.61. The third-order valence-electron chi connectivity index (χ3n) is 12.1. The van der Waals surface area contributed by atoms with Crippen molar-refractivity contribution in [2.75, 3.05) is 0 Å². The lowest BCUT2D eigenvalue weighted by atomic mass is 9.65. The van der Waals surface area contributed by atoms with Gasteiger partial charge in [-0.1, -0.05) is 146 Å². The molecule has 1 aliphatic heterocycles. The first kappa shape index (κ1) is 33.3. The first-order valence-electron chi connectivity index (χ1n) is 20.1. The summed E-state index contributed by atoms with van der Waals surface area (Å²) in [5.74, 6) is 1.80. The van der Waals surface area contributed by atoms with Crippen LogP contribution in [0.1, 0.15) is 45.9 Å². The second kappa shape index (κ2) is 13.1. The van der Waals surface area contributed by atoms with E-state index < -0.39 is 5.41 Å². The van der Waals surface area contributed by atoms with Crippen LogP contribution >= 0.6 is 0 Å². The van der Waals surface area contributed by atoms with Crippen molar-refractivity contribution in [3.63, 3.8) is 0 Å². The maximum atomic E-state index is 5.00. The molecule has 0 saturated carbocycles. The molecule has 4 nitrogen and oxygen atoms in total. The van der Waals surface area contributed by atoms with Gasteiger partial charge in [0.1, 0.15) is 0 Å². The van der Waals surface area contributed by atoms with Gasteiger partial charge in [-0.15, -0.1) is 11.5 Å². The zero-order valence-corrected chi connectivity index (χ0v) is 32.0. The molecule has 0 radical (unpaired) electrons. The minimum Gasteiger partial charge on any atom is -0.309 e. The molecule has 0 bridgehead atoms. The average Bonchev–Trinajstić information content (AvgIpc) is 3.60. The first-order chi connectivity index (χ1) is 29.3. The SMILES string of the molecule is C1=CC(c2nc(C3=C=CC=CC=C3)nc(-c3ccccc3)n2)=CC/C=C(/c2cc3c4c(c2)c2ccccc2n4-c2ccccc2C32c3ccccc3-c3ccccc32)C=1. The van der Waals surface area contributed by atoms with Crippen LogP contribution < -0.4 is 0 Å². The third kappa shape index (κ3) is 4.95. The molecular formula is C55H34N4. The lowest BCUT2D eigenvalue weighted by Crippen LogP contribution is -2.33. The minimum atomic E-state index is -0.503. The van der Waals surface area contributed by atoms with E-state index in [0.29, 0.717) is 23.9 Å². The molecule has 4 heteroatoms. The van der Waals surface area contributed by atoms with Gasteiger partial charge in [0, 0.05) is 21.9 Å². The summed E-state index contributed by atoms with van der Waals surface area (Å²) in [6.07, 6.45) is 19.1. The quantitative estimate of drug-likeness (QED) is 0.168. The Morgan fingerprint density at radius 2 is 1.20 bits per heavy atom. The Hall–Kier alpha value is -7.87. The van der Waals surface area contributed by atoms with Gasteiger partial charge in [0.25, 0.3) is 0 Å². The number of fused-ring (bicyclic) bond motifs is 12. The minimum absolute atomic E-state index is 0.503. The summed E-state index contributed by atoms with van der Waals surface area (Å²) in [6, 6.07) is 50.8. The van der Waals surface area contributed by atoms with E-state index >= 15 is 0 Å². The van der Waals surface area contributed by atoms with Crippen LogP contribution in [-0.2, 0) is 5.41 Å². The largest absolute Gasteiger partial charge is 0.309 e. The Kier molecular flexibility index (Phi) is 7.39. The molecule has 3 heterocycles. The molecule has 0 atom stereocenters. The smallest absolute Gasteiger partial charge is 0.171 e. The highest BCUT2D eigenvalue weighted by atomic mass is 15.0. The highest BCUT2D eigenvalue weighted by Gasteiger charge is 2.50. The molecule has 1 spiro atoms. The number of benzene rings is 6.